The van der Waals surface area contributed by atoms with E-state index in [1.807, 2.05) is 30.3 Å². The maximum absolute atomic E-state index is 13.2. The largest absolute Gasteiger partial charge is 0.496 e. The molecule has 0 aromatic heterocycles. The summed E-state index contributed by atoms with van der Waals surface area (Å²) in [7, 11) is 1.54. The highest BCUT2D eigenvalue weighted by atomic mass is 32.2. The van der Waals surface area contributed by atoms with Crippen molar-refractivity contribution in [1.29, 1.82) is 0 Å². The number of para-hydroxylation sites is 1. The second-order valence-corrected chi connectivity index (χ2v) is 8.66. The van der Waals surface area contributed by atoms with Crippen LogP contribution in [0.1, 0.15) is 22.8 Å². The molecule has 3 aromatic carbocycles. The first-order valence-corrected chi connectivity index (χ1v) is 12.6. The average Bonchev–Trinajstić information content (AvgIpc) is 2.92. The van der Waals surface area contributed by atoms with Crippen LogP contribution in [-0.2, 0) is 14.3 Å². The van der Waals surface area contributed by atoms with Crippen LogP contribution in [0.4, 0.5) is 5.69 Å². The number of carbonyl (C=O) groups excluding carboxylic acids is 3. The van der Waals surface area contributed by atoms with Gasteiger partial charge in [0.2, 0.25) is 0 Å². The smallest absolute Gasteiger partial charge is 0.330 e. The molecule has 0 heterocycles. The summed E-state index contributed by atoms with van der Waals surface area (Å²) < 4.78 is 10.2. The van der Waals surface area contributed by atoms with Crippen molar-refractivity contribution >= 4 is 41.3 Å². The molecule has 0 atom stereocenters. The summed E-state index contributed by atoms with van der Waals surface area (Å²) >= 11 is 1.54. The Hall–Kier alpha value is -4.30. The van der Waals surface area contributed by atoms with Gasteiger partial charge in [-0.3, -0.25) is 9.59 Å². The van der Waals surface area contributed by atoms with Crippen LogP contribution in [0.25, 0.3) is 6.08 Å². The van der Waals surface area contributed by atoms with E-state index >= 15 is 0 Å². The van der Waals surface area contributed by atoms with E-state index in [0.29, 0.717) is 34.9 Å². The molecule has 0 aliphatic carbocycles. The summed E-state index contributed by atoms with van der Waals surface area (Å²) in [4.78, 5) is 38.3. The fourth-order valence-electron chi connectivity index (χ4n) is 3.20. The van der Waals surface area contributed by atoms with Crippen LogP contribution in [-0.4, -0.2) is 37.3 Å². The third-order valence-electron chi connectivity index (χ3n) is 4.97. The quantitative estimate of drug-likeness (QED) is 0.204. The Bertz CT molecular complexity index is 1270. The molecule has 0 fully saturated rings. The fourth-order valence-corrected chi connectivity index (χ4v) is 3.91. The minimum atomic E-state index is -0.479. The van der Waals surface area contributed by atoms with Gasteiger partial charge in [0.15, 0.2) is 0 Å². The van der Waals surface area contributed by atoms with Gasteiger partial charge in [0.25, 0.3) is 11.8 Å². The van der Waals surface area contributed by atoms with E-state index in [2.05, 4.69) is 10.6 Å². The van der Waals surface area contributed by atoms with E-state index in [-0.39, 0.29) is 11.7 Å². The van der Waals surface area contributed by atoms with Crippen molar-refractivity contribution in [2.24, 2.45) is 0 Å². The summed E-state index contributed by atoms with van der Waals surface area (Å²) in [5.74, 6) is -0.0768. The summed E-state index contributed by atoms with van der Waals surface area (Å²) in [5, 5.41) is 5.55. The van der Waals surface area contributed by atoms with Gasteiger partial charge in [-0.05, 0) is 55.5 Å². The molecule has 0 aliphatic rings. The Morgan fingerprint density at radius 1 is 0.919 bits per heavy atom. The number of carbonyl (C=O) groups is 3. The van der Waals surface area contributed by atoms with Crippen LogP contribution < -0.4 is 15.4 Å². The Balaban J connectivity index is 1.72. The van der Waals surface area contributed by atoms with Crippen LogP contribution in [0.2, 0.25) is 0 Å². The van der Waals surface area contributed by atoms with Gasteiger partial charge in [0.1, 0.15) is 11.4 Å². The molecule has 0 radical (unpaired) electrons. The maximum atomic E-state index is 13.2. The van der Waals surface area contributed by atoms with Gasteiger partial charge < -0.3 is 20.1 Å². The number of hydrogen-bond acceptors (Lipinski definition) is 6. The highest BCUT2D eigenvalue weighted by Crippen LogP contribution is 2.22. The summed E-state index contributed by atoms with van der Waals surface area (Å²) in [6.45, 7) is 2.10. The molecule has 0 spiro atoms. The zero-order chi connectivity index (χ0) is 26.5. The highest BCUT2D eigenvalue weighted by Gasteiger charge is 2.16. The number of benzene rings is 3. The zero-order valence-corrected chi connectivity index (χ0v) is 21.4. The fraction of sp³-hybridized carbons (Fsp3) is 0.138. The standard InChI is InChI=1S/C29H28N2O5S/c1-3-36-27(32)14-9-19-37-24-17-15-23(16-18-24)30-29(34)25(20-22-12-7-8-13-26(22)35-2)31-28(33)21-10-5-4-6-11-21/h4-18,20H,3,19H2,1-2H3,(H,30,34)(H,31,33)/b14-9+,25-20-. The molecule has 37 heavy (non-hydrogen) atoms. The highest BCUT2D eigenvalue weighted by molar-refractivity contribution is 7.99. The predicted molar refractivity (Wildman–Crippen MR) is 146 cm³/mol. The number of thioether (sulfide) groups is 1. The van der Waals surface area contributed by atoms with Gasteiger partial charge >= 0.3 is 5.97 Å². The van der Waals surface area contributed by atoms with Crippen LogP contribution in [0.3, 0.4) is 0 Å². The number of nitrogens with one attached hydrogen (secondary N) is 2. The lowest BCUT2D eigenvalue weighted by Crippen LogP contribution is -2.30. The van der Waals surface area contributed by atoms with Crippen molar-refractivity contribution in [3.63, 3.8) is 0 Å². The number of esters is 1. The topological polar surface area (TPSA) is 93.7 Å². The number of hydrogen-bond donors (Lipinski definition) is 2. The second-order valence-electron chi connectivity index (χ2n) is 7.56. The molecule has 0 saturated heterocycles. The molecule has 190 valence electrons. The van der Waals surface area contributed by atoms with Gasteiger partial charge in [-0.25, -0.2) is 4.79 Å². The van der Waals surface area contributed by atoms with E-state index in [9.17, 15) is 14.4 Å². The first kappa shape index (κ1) is 27.3. The SMILES string of the molecule is CCOC(=O)/C=C/CSc1ccc(NC(=O)/C(=C/c2ccccc2OC)NC(=O)c2ccccc2)cc1. The normalized spacial score (nSPS) is 11.1. The van der Waals surface area contributed by atoms with Crippen LogP contribution in [0.5, 0.6) is 5.75 Å². The second kappa shape index (κ2) is 14.3. The molecule has 0 bridgehead atoms. The van der Waals surface area contributed by atoms with Crippen molar-refractivity contribution in [2.45, 2.75) is 11.8 Å². The Labute approximate surface area is 220 Å². The molecule has 2 N–H and O–H groups in total. The summed E-state index contributed by atoms with van der Waals surface area (Å²) in [5.41, 5.74) is 1.71. The van der Waals surface area contributed by atoms with E-state index in [4.69, 9.17) is 9.47 Å². The Kier molecular flexibility index (Phi) is 10.6. The number of anilines is 1. The lowest BCUT2D eigenvalue weighted by atomic mass is 10.1. The first-order chi connectivity index (χ1) is 18.0. The predicted octanol–water partition coefficient (Wildman–Crippen LogP) is 5.32. The van der Waals surface area contributed by atoms with Crippen molar-refractivity contribution in [3.8, 4) is 5.75 Å². The minimum absolute atomic E-state index is 0.0703. The van der Waals surface area contributed by atoms with Gasteiger partial charge in [-0.1, -0.05) is 42.5 Å². The molecule has 0 saturated carbocycles. The minimum Gasteiger partial charge on any atom is -0.496 e. The molecule has 3 aromatic rings. The van der Waals surface area contributed by atoms with E-state index < -0.39 is 11.8 Å². The number of methoxy groups -OCH3 is 1. The van der Waals surface area contributed by atoms with Crippen molar-refractivity contribution in [2.75, 3.05) is 24.8 Å². The van der Waals surface area contributed by atoms with Gasteiger partial charge in [-0.2, -0.15) is 0 Å². The molecular weight excluding hydrogens is 488 g/mol. The monoisotopic (exact) mass is 516 g/mol. The summed E-state index contributed by atoms with van der Waals surface area (Å²) in [6.07, 6.45) is 4.72. The van der Waals surface area contributed by atoms with Crippen molar-refractivity contribution in [1.82, 2.24) is 5.32 Å². The van der Waals surface area contributed by atoms with Gasteiger partial charge in [0.05, 0.1) is 13.7 Å². The molecule has 0 unspecified atom stereocenters. The lowest BCUT2D eigenvalue weighted by Gasteiger charge is -2.13. The molecule has 8 heteroatoms. The van der Waals surface area contributed by atoms with Crippen LogP contribution >= 0.6 is 11.8 Å². The van der Waals surface area contributed by atoms with Crippen LogP contribution in [0, 0.1) is 0 Å². The Morgan fingerprint density at radius 2 is 1.62 bits per heavy atom. The molecular formula is C29H28N2O5S. The Morgan fingerprint density at radius 3 is 2.32 bits per heavy atom. The maximum Gasteiger partial charge on any atom is 0.330 e. The zero-order valence-electron chi connectivity index (χ0n) is 20.6. The number of ether oxygens (including phenoxy) is 2. The van der Waals surface area contributed by atoms with Gasteiger partial charge in [0, 0.05) is 33.5 Å². The third kappa shape index (κ3) is 8.70. The van der Waals surface area contributed by atoms with E-state index in [0.717, 1.165) is 4.90 Å². The van der Waals surface area contributed by atoms with Crippen molar-refractivity contribution < 1.29 is 23.9 Å². The third-order valence-corrected chi connectivity index (χ3v) is 5.93. The first-order valence-electron chi connectivity index (χ1n) is 11.6. The lowest BCUT2D eigenvalue weighted by molar-refractivity contribution is -0.137. The molecule has 7 nitrogen and oxygen atoms in total. The van der Waals surface area contributed by atoms with E-state index in [1.165, 1.54) is 17.8 Å². The molecule has 3 rings (SSSR count). The van der Waals surface area contributed by atoms with Crippen molar-refractivity contribution in [3.05, 3.63) is 108 Å². The van der Waals surface area contributed by atoms with Gasteiger partial charge in [-0.15, -0.1) is 11.8 Å². The van der Waals surface area contributed by atoms with E-state index in [1.54, 1.807) is 74.7 Å². The average molecular weight is 517 g/mol. The molecule has 2 amide bonds. The molecule has 0 aliphatic heterocycles. The number of rotatable bonds is 11. The van der Waals surface area contributed by atoms with Crippen LogP contribution in [0.15, 0.2) is 102 Å². The summed E-state index contributed by atoms with van der Waals surface area (Å²) in [6, 6.07) is 23.2. The number of amides is 2.